The molecule has 0 amide bonds. The number of nitrogens with one attached hydrogen (secondary N) is 1. The summed E-state index contributed by atoms with van der Waals surface area (Å²) in [7, 11) is 1.92. The minimum Gasteiger partial charge on any atom is -0.465 e. The minimum atomic E-state index is 0.686. The van der Waals surface area contributed by atoms with E-state index >= 15 is 0 Å². The first kappa shape index (κ1) is 12.7. The molecule has 1 aliphatic carbocycles. The summed E-state index contributed by atoms with van der Waals surface area (Å²) in [5, 5.41) is 3.09. The molecule has 3 nitrogen and oxygen atoms in total. The summed E-state index contributed by atoms with van der Waals surface area (Å²) in [4.78, 5) is 0. The Morgan fingerprint density at radius 2 is 2.29 bits per heavy atom. The third-order valence-electron chi connectivity index (χ3n) is 3.58. The maximum atomic E-state index is 5.72. The molecule has 1 fully saturated rings. The van der Waals surface area contributed by atoms with Crippen LogP contribution < -0.4 is 5.32 Å². The highest BCUT2D eigenvalue weighted by Crippen LogP contribution is 2.29. The Balaban J connectivity index is 1.69. The van der Waals surface area contributed by atoms with Crippen LogP contribution in [0.25, 0.3) is 0 Å². The van der Waals surface area contributed by atoms with E-state index in [-0.39, 0.29) is 0 Å². The van der Waals surface area contributed by atoms with Crippen molar-refractivity contribution in [3.05, 3.63) is 23.2 Å². The second-order valence-corrected chi connectivity index (χ2v) is 4.96. The molecule has 1 aromatic rings. The third kappa shape index (κ3) is 3.58. The van der Waals surface area contributed by atoms with Crippen LogP contribution in [0.5, 0.6) is 0 Å². The summed E-state index contributed by atoms with van der Waals surface area (Å²) in [6.07, 6.45) is 5.44. The molecular formula is C14H23NO2. The van der Waals surface area contributed by atoms with Crippen molar-refractivity contribution >= 4 is 0 Å². The molecule has 3 heteroatoms. The third-order valence-corrected chi connectivity index (χ3v) is 3.58. The summed E-state index contributed by atoms with van der Waals surface area (Å²) in [6, 6.07) is 2.09. The van der Waals surface area contributed by atoms with E-state index in [0.29, 0.717) is 6.61 Å². The van der Waals surface area contributed by atoms with Gasteiger partial charge < -0.3 is 14.5 Å². The van der Waals surface area contributed by atoms with E-state index < -0.39 is 0 Å². The zero-order valence-electron chi connectivity index (χ0n) is 10.9. The van der Waals surface area contributed by atoms with Crippen LogP contribution in [0.15, 0.2) is 10.5 Å². The van der Waals surface area contributed by atoms with Gasteiger partial charge in [-0.15, -0.1) is 0 Å². The van der Waals surface area contributed by atoms with Gasteiger partial charge in [-0.05, 0) is 32.4 Å². The van der Waals surface area contributed by atoms with Gasteiger partial charge in [-0.1, -0.05) is 19.3 Å². The Labute approximate surface area is 104 Å². The van der Waals surface area contributed by atoms with Gasteiger partial charge in [0, 0.05) is 12.2 Å². The van der Waals surface area contributed by atoms with Crippen LogP contribution in [0.4, 0.5) is 0 Å². The number of furan rings is 1. The molecule has 0 spiro atoms. The molecule has 1 aromatic heterocycles. The van der Waals surface area contributed by atoms with Crippen molar-refractivity contribution in [3.8, 4) is 0 Å². The first-order valence-electron chi connectivity index (χ1n) is 6.60. The van der Waals surface area contributed by atoms with E-state index in [0.717, 1.165) is 30.6 Å². The second-order valence-electron chi connectivity index (χ2n) is 4.96. The summed E-state index contributed by atoms with van der Waals surface area (Å²) in [5.41, 5.74) is 1.18. The minimum absolute atomic E-state index is 0.686. The fraction of sp³-hybridized carbons (Fsp3) is 0.714. The van der Waals surface area contributed by atoms with Crippen LogP contribution in [-0.4, -0.2) is 13.7 Å². The lowest BCUT2D eigenvalue weighted by molar-refractivity contribution is 0.0942. The molecule has 0 atom stereocenters. The van der Waals surface area contributed by atoms with Crippen molar-refractivity contribution in [2.45, 2.75) is 45.8 Å². The van der Waals surface area contributed by atoms with E-state index in [9.17, 15) is 0 Å². The first-order chi connectivity index (χ1) is 8.29. The van der Waals surface area contributed by atoms with Crippen molar-refractivity contribution in [3.63, 3.8) is 0 Å². The fourth-order valence-corrected chi connectivity index (χ4v) is 2.21. The van der Waals surface area contributed by atoms with Gasteiger partial charge in [-0.3, -0.25) is 0 Å². The van der Waals surface area contributed by atoms with E-state index in [2.05, 4.69) is 11.4 Å². The van der Waals surface area contributed by atoms with Gasteiger partial charge in [-0.2, -0.15) is 0 Å². The molecule has 1 aliphatic rings. The van der Waals surface area contributed by atoms with Crippen molar-refractivity contribution < 1.29 is 9.15 Å². The summed E-state index contributed by atoms with van der Waals surface area (Å²) in [5.74, 6) is 2.90. The number of rotatable bonds is 7. The first-order valence-corrected chi connectivity index (χ1v) is 6.60. The lowest BCUT2D eigenvalue weighted by Gasteiger charge is -2.24. The van der Waals surface area contributed by atoms with E-state index in [4.69, 9.17) is 9.15 Å². The van der Waals surface area contributed by atoms with Gasteiger partial charge in [0.15, 0.2) is 0 Å². The summed E-state index contributed by atoms with van der Waals surface area (Å²) < 4.78 is 11.3. The molecule has 1 saturated carbocycles. The molecule has 0 unspecified atom stereocenters. The van der Waals surface area contributed by atoms with Gasteiger partial charge in [0.1, 0.15) is 11.5 Å². The number of ether oxygens (including phenoxy) is 1. The van der Waals surface area contributed by atoms with E-state index in [1.54, 1.807) is 0 Å². The standard InChI is InChI=1S/C14H23NO2/c1-11-13(8-14(17-11)9-15-2)10-16-7-6-12-4-3-5-12/h8,12,15H,3-7,9-10H2,1-2H3. The van der Waals surface area contributed by atoms with Crippen LogP contribution in [-0.2, 0) is 17.9 Å². The average Bonchev–Trinajstić information content (AvgIpc) is 2.57. The molecule has 0 radical (unpaired) electrons. The largest absolute Gasteiger partial charge is 0.465 e. The quantitative estimate of drug-likeness (QED) is 0.740. The van der Waals surface area contributed by atoms with Gasteiger partial charge >= 0.3 is 0 Å². The Morgan fingerprint density at radius 3 is 2.94 bits per heavy atom. The lowest BCUT2D eigenvalue weighted by atomic mass is 9.83. The Bertz CT molecular complexity index is 342. The van der Waals surface area contributed by atoms with Crippen LogP contribution >= 0.6 is 0 Å². The average molecular weight is 237 g/mol. The molecule has 0 aliphatic heterocycles. The Hall–Kier alpha value is -0.800. The van der Waals surface area contributed by atoms with Gasteiger partial charge in [0.05, 0.1) is 13.2 Å². The Morgan fingerprint density at radius 1 is 1.47 bits per heavy atom. The van der Waals surface area contributed by atoms with Crippen LogP contribution in [0.2, 0.25) is 0 Å². The molecule has 1 N–H and O–H groups in total. The van der Waals surface area contributed by atoms with Crippen LogP contribution in [0.3, 0.4) is 0 Å². The molecule has 0 bridgehead atoms. The normalized spacial score (nSPS) is 16.1. The molecular weight excluding hydrogens is 214 g/mol. The van der Waals surface area contributed by atoms with Gasteiger partial charge in [0.2, 0.25) is 0 Å². The number of aryl methyl sites for hydroxylation is 1. The molecule has 1 heterocycles. The predicted molar refractivity (Wildman–Crippen MR) is 67.8 cm³/mol. The zero-order chi connectivity index (χ0) is 12.1. The smallest absolute Gasteiger partial charge is 0.118 e. The lowest BCUT2D eigenvalue weighted by Crippen LogP contribution is -2.13. The van der Waals surface area contributed by atoms with E-state index in [1.807, 2.05) is 14.0 Å². The number of hydrogen-bond donors (Lipinski definition) is 1. The highest BCUT2D eigenvalue weighted by atomic mass is 16.5. The van der Waals surface area contributed by atoms with Crippen molar-refractivity contribution in [2.24, 2.45) is 5.92 Å². The molecule has 0 aromatic carbocycles. The topological polar surface area (TPSA) is 34.4 Å². The maximum absolute atomic E-state index is 5.72. The van der Waals surface area contributed by atoms with Crippen molar-refractivity contribution in [1.29, 1.82) is 0 Å². The van der Waals surface area contributed by atoms with Crippen LogP contribution in [0, 0.1) is 12.8 Å². The zero-order valence-corrected chi connectivity index (χ0v) is 10.9. The number of hydrogen-bond acceptors (Lipinski definition) is 3. The summed E-state index contributed by atoms with van der Waals surface area (Å²) in [6.45, 7) is 4.36. The highest BCUT2D eigenvalue weighted by Gasteiger charge is 2.16. The maximum Gasteiger partial charge on any atom is 0.118 e. The Kier molecular flexibility index (Phi) is 4.63. The fourth-order valence-electron chi connectivity index (χ4n) is 2.21. The molecule has 0 saturated heterocycles. The SMILES string of the molecule is CNCc1cc(COCCC2CCC2)c(C)o1. The van der Waals surface area contributed by atoms with Gasteiger partial charge in [-0.25, -0.2) is 0 Å². The summed E-state index contributed by atoms with van der Waals surface area (Å²) >= 11 is 0. The van der Waals surface area contributed by atoms with E-state index in [1.165, 1.54) is 31.2 Å². The van der Waals surface area contributed by atoms with Gasteiger partial charge in [0.25, 0.3) is 0 Å². The van der Waals surface area contributed by atoms with Crippen molar-refractivity contribution in [1.82, 2.24) is 5.32 Å². The molecule has 96 valence electrons. The molecule has 17 heavy (non-hydrogen) atoms. The predicted octanol–water partition coefficient (Wildman–Crippen LogP) is 3.01. The highest BCUT2D eigenvalue weighted by molar-refractivity contribution is 5.19. The molecule has 2 rings (SSSR count). The second kappa shape index (κ2) is 6.22. The monoisotopic (exact) mass is 237 g/mol. The van der Waals surface area contributed by atoms with Crippen LogP contribution in [0.1, 0.15) is 42.8 Å². The van der Waals surface area contributed by atoms with Crippen molar-refractivity contribution in [2.75, 3.05) is 13.7 Å².